The molecule has 0 heterocycles. The average Bonchev–Trinajstić information content (AvgIpc) is 2.67. The van der Waals surface area contributed by atoms with E-state index in [0.717, 1.165) is 5.56 Å². The number of rotatable bonds is 12. The van der Waals surface area contributed by atoms with Crippen LogP contribution in [0, 0.1) is 0 Å². The number of amides is 2. The minimum Gasteiger partial charge on any atom is -0.492 e. The zero-order valence-electron chi connectivity index (χ0n) is 16.4. The first-order valence-electron chi connectivity index (χ1n) is 9.31. The van der Waals surface area contributed by atoms with Crippen LogP contribution in [0.2, 0.25) is 0 Å². The van der Waals surface area contributed by atoms with Crippen molar-refractivity contribution >= 4 is 17.5 Å². The number of primary amides is 1. The Morgan fingerprint density at radius 3 is 2.28 bits per heavy atom. The van der Waals surface area contributed by atoms with Crippen molar-refractivity contribution < 1.29 is 24.2 Å². The van der Waals surface area contributed by atoms with Crippen molar-refractivity contribution in [3.63, 3.8) is 0 Å². The van der Waals surface area contributed by atoms with Gasteiger partial charge < -0.3 is 30.9 Å². The van der Waals surface area contributed by atoms with E-state index in [4.69, 9.17) is 15.2 Å². The highest BCUT2D eigenvalue weighted by molar-refractivity contribution is 5.88. The van der Waals surface area contributed by atoms with Gasteiger partial charge in [-0.25, -0.2) is 0 Å². The van der Waals surface area contributed by atoms with Gasteiger partial charge in [0.05, 0.1) is 6.42 Å². The van der Waals surface area contributed by atoms with E-state index >= 15 is 0 Å². The van der Waals surface area contributed by atoms with Crippen LogP contribution in [0.3, 0.4) is 0 Å². The summed E-state index contributed by atoms with van der Waals surface area (Å²) in [4.78, 5) is 21.9. The van der Waals surface area contributed by atoms with Gasteiger partial charge in [-0.2, -0.15) is 0 Å². The second-order valence-electron chi connectivity index (χ2n) is 6.51. The standard InChI is InChI=1S/C21H27N3O5/c1-15(25)24-17-4-8-20(9-5-17)29-14-18(26)13-23-10-11-28-19-6-2-16(3-7-19)12-21(22)27/h2-9,18,23,26H,10-14H2,1H3,(H2,22,27)(H,24,25). The molecule has 0 aliphatic heterocycles. The molecule has 8 heteroatoms. The number of carbonyl (C=O) groups excluding carboxylic acids is 2. The molecule has 0 bridgehead atoms. The van der Waals surface area contributed by atoms with E-state index in [9.17, 15) is 14.7 Å². The van der Waals surface area contributed by atoms with Crippen LogP contribution in [0.25, 0.3) is 0 Å². The fourth-order valence-corrected chi connectivity index (χ4v) is 2.50. The third-order valence-electron chi connectivity index (χ3n) is 3.85. The number of hydrogen-bond donors (Lipinski definition) is 4. The first-order valence-corrected chi connectivity index (χ1v) is 9.31. The molecular weight excluding hydrogens is 374 g/mol. The van der Waals surface area contributed by atoms with Crippen LogP contribution in [0.1, 0.15) is 12.5 Å². The number of nitrogens with two attached hydrogens (primary N) is 1. The van der Waals surface area contributed by atoms with E-state index in [1.165, 1.54) is 6.92 Å². The highest BCUT2D eigenvalue weighted by Gasteiger charge is 2.05. The van der Waals surface area contributed by atoms with Crippen LogP contribution in [0.5, 0.6) is 11.5 Å². The lowest BCUT2D eigenvalue weighted by Crippen LogP contribution is -2.33. The van der Waals surface area contributed by atoms with Crippen molar-refractivity contribution in [3.8, 4) is 11.5 Å². The number of hydrogen-bond acceptors (Lipinski definition) is 6. The van der Waals surface area contributed by atoms with Gasteiger partial charge in [-0.15, -0.1) is 0 Å². The van der Waals surface area contributed by atoms with Crippen molar-refractivity contribution in [3.05, 3.63) is 54.1 Å². The fourth-order valence-electron chi connectivity index (χ4n) is 2.50. The van der Waals surface area contributed by atoms with Gasteiger partial charge in [0.2, 0.25) is 11.8 Å². The number of carbonyl (C=O) groups is 2. The number of anilines is 1. The van der Waals surface area contributed by atoms with Crippen LogP contribution in [-0.2, 0) is 16.0 Å². The first kappa shape index (κ1) is 22.2. The first-order chi connectivity index (χ1) is 13.9. The third-order valence-corrected chi connectivity index (χ3v) is 3.85. The fraction of sp³-hybridized carbons (Fsp3) is 0.333. The summed E-state index contributed by atoms with van der Waals surface area (Å²) in [5, 5.41) is 15.8. The van der Waals surface area contributed by atoms with E-state index in [1.807, 2.05) is 0 Å². The van der Waals surface area contributed by atoms with Crippen LogP contribution in [0.4, 0.5) is 5.69 Å². The Balaban J connectivity index is 1.58. The molecule has 0 aliphatic rings. The quantitative estimate of drug-likeness (QED) is 0.395. The van der Waals surface area contributed by atoms with Gasteiger partial charge in [0, 0.05) is 25.7 Å². The average molecular weight is 401 g/mol. The molecule has 1 unspecified atom stereocenters. The Bertz CT molecular complexity index is 778. The van der Waals surface area contributed by atoms with Gasteiger partial charge in [0.1, 0.15) is 30.8 Å². The number of nitrogens with one attached hydrogen (secondary N) is 2. The predicted molar refractivity (Wildman–Crippen MR) is 110 cm³/mol. The third kappa shape index (κ3) is 9.09. The number of aliphatic hydroxyl groups is 1. The van der Waals surface area contributed by atoms with E-state index < -0.39 is 6.10 Å². The smallest absolute Gasteiger partial charge is 0.221 e. The summed E-state index contributed by atoms with van der Waals surface area (Å²) in [7, 11) is 0. The van der Waals surface area contributed by atoms with E-state index in [1.54, 1.807) is 48.5 Å². The minimum absolute atomic E-state index is 0.135. The zero-order valence-corrected chi connectivity index (χ0v) is 16.4. The summed E-state index contributed by atoms with van der Waals surface area (Å²) in [5.41, 5.74) is 6.69. The van der Waals surface area contributed by atoms with Crippen molar-refractivity contribution in [1.29, 1.82) is 0 Å². The summed E-state index contributed by atoms with van der Waals surface area (Å²) in [5.74, 6) is 0.810. The molecule has 1 atom stereocenters. The lowest BCUT2D eigenvalue weighted by atomic mass is 10.1. The molecule has 5 N–H and O–H groups in total. The Kier molecular flexibility index (Phi) is 8.94. The molecule has 0 radical (unpaired) electrons. The molecule has 2 rings (SSSR count). The number of benzene rings is 2. The van der Waals surface area contributed by atoms with Crippen molar-refractivity contribution in [1.82, 2.24) is 5.32 Å². The van der Waals surface area contributed by atoms with Crippen molar-refractivity contribution in [2.75, 3.05) is 31.6 Å². The SMILES string of the molecule is CC(=O)Nc1ccc(OCC(O)CNCCOc2ccc(CC(N)=O)cc2)cc1. The summed E-state index contributed by atoms with van der Waals surface area (Å²) >= 11 is 0. The van der Waals surface area contributed by atoms with Crippen molar-refractivity contribution in [2.45, 2.75) is 19.4 Å². The molecule has 0 saturated heterocycles. The van der Waals surface area contributed by atoms with Crippen LogP contribution >= 0.6 is 0 Å². The topological polar surface area (TPSA) is 123 Å². The molecule has 0 spiro atoms. The Morgan fingerprint density at radius 2 is 1.66 bits per heavy atom. The maximum absolute atomic E-state index is 11.0. The van der Waals surface area contributed by atoms with Crippen LogP contribution in [-0.4, -0.2) is 49.3 Å². The Labute approximate surface area is 170 Å². The molecule has 0 aromatic heterocycles. The molecular formula is C21H27N3O5. The second-order valence-corrected chi connectivity index (χ2v) is 6.51. The number of aliphatic hydroxyl groups excluding tert-OH is 1. The zero-order chi connectivity index (χ0) is 21.1. The normalized spacial score (nSPS) is 11.5. The molecule has 0 aliphatic carbocycles. The monoisotopic (exact) mass is 401 g/mol. The van der Waals surface area contributed by atoms with Gasteiger partial charge >= 0.3 is 0 Å². The van der Waals surface area contributed by atoms with Gasteiger partial charge in [-0.05, 0) is 42.0 Å². The van der Waals surface area contributed by atoms with Gasteiger partial charge in [0.25, 0.3) is 0 Å². The van der Waals surface area contributed by atoms with E-state index in [2.05, 4.69) is 10.6 Å². The Hall–Kier alpha value is -3.10. The van der Waals surface area contributed by atoms with Gasteiger partial charge in [-0.1, -0.05) is 12.1 Å². The summed E-state index contributed by atoms with van der Waals surface area (Å²) in [6.45, 7) is 2.96. The molecule has 0 fully saturated rings. The second kappa shape index (κ2) is 11.7. The molecule has 2 aromatic rings. The van der Waals surface area contributed by atoms with E-state index in [-0.39, 0.29) is 24.8 Å². The van der Waals surface area contributed by atoms with Gasteiger partial charge in [-0.3, -0.25) is 9.59 Å². The highest BCUT2D eigenvalue weighted by atomic mass is 16.5. The van der Waals surface area contributed by atoms with Crippen molar-refractivity contribution in [2.24, 2.45) is 5.73 Å². The van der Waals surface area contributed by atoms with Crippen LogP contribution in [0.15, 0.2) is 48.5 Å². The molecule has 8 nitrogen and oxygen atoms in total. The number of ether oxygens (including phenoxy) is 2. The highest BCUT2D eigenvalue weighted by Crippen LogP contribution is 2.16. The molecule has 156 valence electrons. The lowest BCUT2D eigenvalue weighted by molar-refractivity contribution is -0.117. The maximum Gasteiger partial charge on any atom is 0.221 e. The summed E-state index contributed by atoms with van der Waals surface area (Å²) < 4.78 is 11.1. The minimum atomic E-state index is -0.668. The molecule has 2 aromatic carbocycles. The predicted octanol–water partition coefficient (Wildman–Crippen LogP) is 1.08. The Morgan fingerprint density at radius 1 is 1.03 bits per heavy atom. The molecule has 2 amide bonds. The summed E-state index contributed by atoms with van der Waals surface area (Å²) in [6.07, 6.45) is -0.459. The maximum atomic E-state index is 11.0. The largest absolute Gasteiger partial charge is 0.492 e. The molecule has 29 heavy (non-hydrogen) atoms. The summed E-state index contributed by atoms with van der Waals surface area (Å²) in [6, 6.07) is 14.1. The van der Waals surface area contributed by atoms with Crippen LogP contribution < -0.4 is 25.8 Å². The lowest BCUT2D eigenvalue weighted by Gasteiger charge is -2.14. The van der Waals surface area contributed by atoms with Gasteiger partial charge in [0.15, 0.2) is 0 Å². The molecule has 0 saturated carbocycles. The van der Waals surface area contributed by atoms with E-state index in [0.29, 0.717) is 36.9 Å².